The molecule has 4 rings (SSSR count). The summed E-state index contributed by atoms with van der Waals surface area (Å²) in [4.78, 5) is 25.1. The molecule has 180 valence electrons. The van der Waals surface area contributed by atoms with E-state index < -0.39 is 27.7 Å². The fourth-order valence-electron chi connectivity index (χ4n) is 3.74. The summed E-state index contributed by atoms with van der Waals surface area (Å²) >= 11 is 0. The Bertz CT molecular complexity index is 1510. The third kappa shape index (κ3) is 5.67. The van der Waals surface area contributed by atoms with Crippen molar-refractivity contribution < 1.29 is 22.4 Å². The molecule has 1 N–H and O–H groups in total. The lowest BCUT2D eigenvalue weighted by molar-refractivity contribution is -0.136. The third-order valence-electron chi connectivity index (χ3n) is 5.51. The maximum Gasteiger partial charge on any atom is 0.336 e. The van der Waals surface area contributed by atoms with Gasteiger partial charge in [-0.1, -0.05) is 61.4 Å². The molecule has 0 spiro atoms. The minimum Gasteiger partial charge on any atom is -0.425 e. The van der Waals surface area contributed by atoms with Crippen LogP contribution < -0.4 is 15.1 Å². The molecule has 0 aliphatic carbocycles. The van der Waals surface area contributed by atoms with Gasteiger partial charge in [-0.3, -0.25) is 0 Å². The largest absolute Gasteiger partial charge is 0.425 e. The molecular weight excluding hydrogens is 466 g/mol. The molecule has 8 heteroatoms. The van der Waals surface area contributed by atoms with Crippen LogP contribution in [-0.4, -0.2) is 20.4 Å². The van der Waals surface area contributed by atoms with Gasteiger partial charge in [-0.15, -0.1) is 0 Å². The SMILES string of the molecule is CCC[C@@H](NS(=O)(=O)c1ccc(C)cc1)C(=O)Oc1ccc2c(-c3ccccc3)cc(=O)oc2c1. The second-order valence-electron chi connectivity index (χ2n) is 8.20. The van der Waals surface area contributed by atoms with Gasteiger partial charge in [0.2, 0.25) is 10.0 Å². The zero-order valence-electron chi connectivity index (χ0n) is 19.4. The number of aryl methyl sites for hydroxylation is 1. The summed E-state index contributed by atoms with van der Waals surface area (Å²) in [5, 5.41) is 0.681. The molecule has 1 heterocycles. The van der Waals surface area contributed by atoms with Crippen LogP contribution in [-0.2, 0) is 14.8 Å². The molecule has 0 amide bonds. The van der Waals surface area contributed by atoms with Crippen LogP contribution in [0, 0.1) is 6.92 Å². The number of rotatable bonds is 8. The van der Waals surface area contributed by atoms with E-state index in [0.717, 1.165) is 11.1 Å². The second-order valence-corrected chi connectivity index (χ2v) is 9.91. The van der Waals surface area contributed by atoms with Crippen molar-refractivity contribution >= 4 is 27.0 Å². The van der Waals surface area contributed by atoms with Crippen molar-refractivity contribution in [1.82, 2.24) is 4.72 Å². The Morgan fingerprint density at radius 3 is 2.40 bits per heavy atom. The van der Waals surface area contributed by atoms with Gasteiger partial charge in [-0.2, -0.15) is 4.72 Å². The molecule has 35 heavy (non-hydrogen) atoms. The van der Waals surface area contributed by atoms with Crippen molar-refractivity contribution in [3.63, 3.8) is 0 Å². The van der Waals surface area contributed by atoms with Crippen molar-refractivity contribution in [3.8, 4) is 16.9 Å². The highest BCUT2D eigenvalue weighted by Crippen LogP contribution is 2.29. The van der Waals surface area contributed by atoms with Crippen LogP contribution in [0.2, 0.25) is 0 Å². The highest BCUT2D eigenvalue weighted by atomic mass is 32.2. The number of fused-ring (bicyclic) bond motifs is 1. The molecule has 0 aliphatic rings. The van der Waals surface area contributed by atoms with Gasteiger partial charge < -0.3 is 9.15 Å². The lowest BCUT2D eigenvalue weighted by Crippen LogP contribution is -2.42. The van der Waals surface area contributed by atoms with Crippen molar-refractivity contribution in [2.45, 2.75) is 37.6 Å². The Balaban J connectivity index is 1.59. The monoisotopic (exact) mass is 491 g/mol. The highest BCUT2D eigenvalue weighted by molar-refractivity contribution is 7.89. The van der Waals surface area contributed by atoms with E-state index in [1.807, 2.05) is 44.2 Å². The maximum atomic E-state index is 12.9. The number of esters is 1. The lowest BCUT2D eigenvalue weighted by Gasteiger charge is -2.17. The smallest absolute Gasteiger partial charge is 0.336 e. The van der Waals surface area contributed by atoms with Crippen LogP contribution in [0.1, 0.15) is 25.3 Å². The Kier molecular flexibility index (Phi) is 7.14. The molecule has 0 saturated heterocycles. The zero-order chi connectivity index (χ0) is 25.0. The molecule has 1 aromatic heterocycles. The number of hydrogen-bond donors (Lipinski definition) is 1. The summed E-state index contributed by atoms with van der Waals surface area (Å²) in [6, 6.07) is 20.8. The van der Waals surface area contributed by atoms with Crippen molar-refractivity contribution in [3.05, 3.63) is 94.8 Å². The Morgan fingerprint density at radius 2 is 1.71 bits per heavy atom. The zero-order valence-corrected chi connectivity index (χ0v) is 20.2. The van der Waals surface area contributed by atoms with Crippen LogP contribution in [0.15, 0.2) is 93.0 Å². The maximum absolute atomic E-state index is 12.9. The van der Waals surface area contributed by atoms with E-state index in [2.05, 4.69) is 4.72 Å². The second kappa shape index (κ2) is 10.2. The Hall–Kier alpha value is -3.75. The molecule has 0 radical (unpaired) electrons. The number of ether oxygens (including phenoxy) is 1. The van der Waals surface area contributed by atoms with Gasteiger partial charge in [-0.25, -0.2) is 18.0 Å². The minimum absolute atomic E-state index is 0.0675. The molecule has 1 atom stereocenters. The fourth-order valence-corrected chi connectivity index (χ4v) is 4.96. The van der Waals surface area contributed by atoms with Gasteiger partial charge in [0, 0.05) is 17.5 Å². The quantitative estimate of drug-likeness (QED) is 0.215. The lowest BCUT2D eigenvalue weighted by atomic mass is 10.0. The van der Waals surface area contributed by atoms with Crippen LogP contribution in [0.25, 0.3) is 22.1 Å². The minimum atomic E-state index is -3.92. The van der Waals surface area contributed by atoms with Gasteiger partial charge in [0.15, 0.2) is 0 Å². The van der Waals surface area contributed by atoms with Gasteiger partial charge in [-0.05, 0) is 48.7 Å². The van der Waals surface area contributed by atoms with E-state index in [0.29, 0.717) is 17.4 Å². The molecule has 0 fully saturated rings. The Morgan fingerprint density at radius 1 is 1.00 bits per heavy atom. The van der Waals surface area contributed by atoms with Gasteiger partial charge in [0.05, 0.1) is 4.90 Å². The highest BCUT2D eigenvalue weighted by Gasteiger charge is 2.27. The standard InChI is InChI=1S/C27H25NO6S/c1-3-7-24(28-35(31,32)21-13-10-18(2)11-14-21)27(30)33-20-12-15-22-23(19-8-5-4-6-9-19)17-26(29)34-25(22)16-20/h4-6,8-17,24,28H,3,7H2,1-2H3/t24-/m1/s1. The summed E-state index contributed by atoms with van der Waals surface area (Å²) in [6.07, 6.45) is 0.813. The normalized spacial score (nSPS) is 12.4. The van der Waals surface area contributed by atoms with E-state index >= 15 is 0 Å². The van der Waals surface area contributed by atoms with Crippen LogP contribution >= 0.6 is 0 Å². The van der Waals surface area contributed by atoms with Crippen LogP contribution in [0.5, 0.6) is 5.75 Å². The first-order valence-electron chi connectivity index (χ1n) is 11.2. The predicted molar refractivity (Wildman–Crippen MR) is 134 cm³/mol. The first kappa shape index (κ1) is 24.4. The molecule has 0 aliphatic heterocycles. The summed E-state index contributed by atoms with van der Waals surface area (Å²) < 4.78 is 38.9. The molecule has 4 aromatic rings. The topological polar surface area (TPSA) is 103 Å². The third-order valence-corrected chi connectivity index (χ3v) is 7.00. The summed E-state index contributed by atoms with van der Waals surface area (Å²) in [5.41, 5.74) is 2.20. The number of hydrogen-bond acceptors (Lipinski definition) is 6. The molecule has 0 unspecified atom stereocenters. The van der Waals surface area contributed by atoms with Crippen molar-refractivity contribution in [1.29, 1.82) is 0 Å². The van der Waals surface area contributed by atoms with Gasteiger partial charge in [0.25, 0.3) is 0 Å². The average molecular weight is 492 g/mol. The molecule has 3 aromatic carbocycles. The molecule has 0 saturated carbocycles. The molecular formula is C27H25NO6S. The summed E-state index contributed by atoms with van der Waals surface area (Å²) in [7, 11) is -3.92. The summed E-state index contributed by atoms with van der Waals surface area (Å²) in [6.45, 7) is 3.70. The van der Waals surface area contributed by atoms with Crippen molar-refractivity contribution in [2.75, 3.05) is 0 Å². The van der Waals surface area contributed by atoms with E-state index in [1.165, 1.54) is 24.3 Å². The number of sulfonamides is 1. The van der Waals surface area contributed by atoms with E-state index in [9.17, 15) is 18.0 Å². The number of carbonyl (C=O) groups is 1. The van der Waals surface area contributed by atoms with E-state index in [-0.39, 0.29) is 22.6 Å². The molecule has 0 bridgehead atoms. The first-order chi connectivity index (χ1) is 16.8. The summed E-state index contributed by atoms with van der Waals surface area (Å²) in [5.74, 6) is -0.602. The molecule has 7 nitrogen and oxygen atoms in total. The first-order valence-corrected chi connectivity index (χ1v) is 12.7. The fraction of sp³-hybridized carbons (Fsp3) is 0.185. The van der Waals surface area contributed by atoms with Crippen LogP contribution in [0.3, 0.4) is 0 Å². The Labute approximate surface area is 203 Å². The number of benzene rings is 3. The van der Waals surface area contributed by atoms with E-state index in [4.69, 9.17) is 9.15 Å². The van der Waals surface area contributed by atoms with E-state index in [1.54, 1.807) is 24.3 Å². The van der Waals surface area contributed by atoms with Crippen molar-refractivity contribution in [2.24, 2.45) is 0 Å². The van der Waals surface area contributed by atoms with Crippen LogP contribution in [0.4, 0.5) is 0 Å². The number of carbonyl (C=O) groups excluding carboxylic acids is 1. The van der Waals surface area contributed by atoms with Gasteiger partial charge in [0.1, 0.15) is 17.4 Å². The van der Waals surface area contributed by atoms with Gasteiger partial charge >= 0.3 is 11.6 Å². The average Bonchev–Trinajstić information content (AvgIpc) is 2.83. The number of nitrogens with one attached hydrogen (secondary N) is 1. The predicted octanol–water partition coefficient (Wildman–Crippen LogP) is 4.82.